The van der Waals surface area contributed by atoms with Gasteiger partial charge in [-0.2, -0.15) is 0 Å². The molecule has 0 aromatic heterocycles. The van der Waals surface area contributed by atoms with Gasteiger partial charge in [-0.15, -0.1) is 0 Å². The van der Waals surface area contributed by atoms with Crippen molar-refractivity contribution in [3.05, 3.63) is 53.6 Å². The summed E-state index contributed by atoms with van der Waals surface area (Å²) in [6.07, 6.45) is 1.19. The summed E-state index contributed by atoms with van der Waals surface area (Å²) in [6, 6.07) is 11.4. The summed E-state index contributed by atoms with van der Waals surface area (Å²) in [5, 5.41) is 2.99. The molecule has 3 aliphatic heterocycles. The van der Waals surface area contributed by atoms with Crippen molar-refractivity contribution in [3.8, 4) is 17.2 Å². The lowest BCUT2D eigenvalue weighted by atomic mass is 9.87. The highest BCUT2D eigenvalue weighted by atomic mass is 16.7. The number of morpholine rings is 1. The molecule has 37 heavy (non-hydrogen) atoms. The Hall–Kier alpha value is -3.79. The molecule has 0 saturated carbocycles. The van der Waals surface area contributed by atoms with E-state index in [2.05, 4.69) is 5.32 Å². The third kappa shape index (κ3) is 5.48. The van der Waals surface area contributed by atoms with E-state index in [1.54, 1.807) is 59.4 Å². The number of benzene rings is 2. The molecule has 3 heterocycles. The normalized spacial score (nSPS) is 18.3. The number of hydrogen-bond acceptors (Lipinski definition) is 7. The molecule has 0 bridgehead atoms. The lowest BCUT2D eigenvalue weighted by Crippen LogP contribution is -2.56. The number of nitrogens with one attached hydrogen (secondary N) is 1. The quantitative estimate of drug-likeness (QED) is 0.634. The first-order chi connectivity index (χ1) is 18.0. The first-order valence-electron chi connectivity index (χ1n) is 12.5. The van der Waals surface area contributed by atoms with E-state index in [0.717, 1.165) is 0 Å². The Morgan fingerprint density at radius 2 is 1.68 bits per heavy atom. The van der Waals surface area contributed by atoms with Gasteiger partial charge in [-0.25, -0.2) is 0 Å². The Kier molecular flexibility index (Phi) is 7.45. The minimum absolute atomic E-state index is 0.0715. The van der Waals surface area contributed by atoms with Gasteiger partial charge in [0.25, 0.3) is 11.8 Å². The van der Waals surface area contributed by atoms with E-state index in [-0.39, 0.29) is 30.4 Å². The van der Waals surface area contributed by atoms with E-state index in [1.165, 1.54) is 0 Å². The molecule has 0 spiro atoms. The van der Waals surface area contributed by atoms with Crippen molar-refractivity contribution in [2.45, 2.75) is 18.9 Å². The molecule has 1 N–H and O–H groups in total. The minimum atomic E-state index is -0.704. The fourth-order valence-electron chi connectivity index (χ4n) is 5.00. The maximum absolute atomic E-state index is 13.6. The molecule has 10 heteroatoms. The minimum Gasteiger partial charge on any atom is -0.497 e. The summed E-state index contributed by atoms with van der Waals surface area (Å²) < 4.78 is 21.4. The predicted octanol–water partition coefficient (Wildman–Crippen LogP) is 1.93. The number of amides is 3. The molecule has 5 rings (SSSR count). The van der Waals surface area contributed by atoms with Crippen LogP contribution in [0.3, 0.4) is 0 Å². The molecule has 1 atom stereocenters. The Morgan fingerprint density at radius 1 is 0.919 bits per heavy atom. The van der Waals surface area contributed by atoms with Gasteiger partial charge in [0.15, 0.2) is 11.5 Å². The van der Waals surface area contributed by atoms with Crippen LogP contribution < -0.4 is 19.5 Å². The van der Waals surface area contributed by atoms with Crippen molar-refractivity contribution in [1.29, 1.82) is 0 Å². The number of nitrogens with zero attached hydrogens (tertiary/aromatic N) is 2. The molecule has 3 aliphatic rings. The van der Waals surface area contributed by atoms with Crippen LogP contribution >= 0.6 is 0 Å². The van der Waals surface area contributed by atoms with Crippen molar-refractivity contribution < 1.29 is 33.3 Å². The van der Waals surface area contributed by atoms with Gasteiger partial charge in [0, 0.05) is 37.3 Å². The number of ether oxygens (including phenoxy) is 4. The molecule has 2 aromatic carbocycles. The van der Waals surface area contributed by atoms with Crippen molar-refractivity contribution in [3.63, 3.8) is 0 Å². The van der Waals surface area contributed by atoms with Crippen LogP contribution in [0, 0.1) is 5.92 Å². The first kappa shape index (κ1) is 24.9. The molecule has 0 aliphatic carbocycles. The molecule has 2 aromatic rings. The lowest BCUT2D eigenvalue weighted by molar-refractivity contribution is -0.139. The number of hydrogen-bond donors (Lipinski definition) is 1. The van der Waals surface area contributed by atoms with Crippen LogP contribution in [0.4, 0.5) is 0 Å². The van der Waals surface area contributed by atoms with E-state index in [0.29, 0.717) is 80.6 Å². The molecular weight excluding hydrogens is 478 g/mol. The van der Waals surface area contributed by atoms with Crippen LogP contribution in [0.15, 0.2) is 42.5 Å². The lowest BCUT2D eigenvalue weighted by Gasteiger charge is -2.38. The average molecular weight is 510 g/mol. The second-order valence-corrected chi connectivity index (χ2v) is 9.32. The molecule has 3 amide bonds. The highest BCUT2D eigenvalue weighted by Gasteiger charge is 2.37. The van der Waals surface area contributed by atoms with E-state index in [4.69, 9.17) is 18.9 Å². The highest BCUT2D eigenvalue weighted by molar-refractivity contribution is 5.98. The van der Waals surface area contributed by atoms with E-state index >= 15 is 0 Å². The Bertz CT molecular complexity index is 1160. The molecule has 2 saturated heterocycles. The average Bonchev–Trinajstić information content (AvgIpc) is 3.44. The Labute approximate surface area is 215 Å². The first-order valence-corrected chi connectivity index (χ1v) is 12.5. The van der Waals surface area contributed by atoms with Crippen molar-refractivity contribution in [1.82, 2.24) is 15.1 Å². The standard InChI is InChI=1S/C27H31N3O7/c1-34-21-4-2-3-20(15-21)26(32)29-9-7-18(8-10-29)24(27(33)30-11-13-35-14-12-30)28-25(31)19-5-6-22-23(16-19)37-17-36-22/h2-6,15-16,18,24H,7-14,17H2,1H3,(H,28,31)/t24-/m1/s1. The zero-order valence-corrected chi connectivity index (χ0v) is 20.8. The van der Waals surface area contributed by atoms with Gasteiger partial charge in [-0.1, -0.05) is 6.07 Å². The molecule has 2 fully saturated rings. The molecule has 196 valence electrons. The van der Waals surface area contributed by atoms with E-state index in [1.807, 2.05) is 0 Å². The number of rotatable bonds is 6. The highest BCUT2D eigenvalue weighted by Crippen LogP contribution is 2.33. The van der Waals surface area contributed by atoms with Gasteiger partial charge in [0.05, 0.1) is 20.3 Å². The molecule has 0 unspecified atom stereocenters. The fourth-order valence-corrected chi connectivity index (χ4v) is 5.00. The number of carbonyl (C=O) groups is 3. The van der Waals surface area contributed by atoms with Crippen LogP contribution in [0.1, 0.15) is 33.6 Å². The summed E-state index contributed by atoms with van der Waals surface area (Å²) in [5.74, 6) is 1.08. The van der Waals surface area contributed by atoms with Crippen LogP contribution in [0.5, 0.6) is 17.2 Å². The smallest absolute Gasteiger partial charge is 0.253 e. The predicted molar refractivity (Wildman–Crippen MR) is 133 cm³/mol. The van der Waals surface area contributed by atoms with Gasteiger partial charge < -0.3 is 34.1 Å². The second-order valence-electron chi connectivity index (χ2n) is 9.32. The Balaban J connectivity index is 1.29. The monoisotopic (exact) mass is 509 g/mol. The summed E-state index contributed by atoms with van der Waals surface area (Å²) in [6.45, 7) is 3.03. The molecule has 0 radical (unpaired) electrons. The van der Waals surface area contributed by atoms with Crippen LogP contribution in [-0.4, -0.2) is 86.9 Å². The molecule has 10 nitrogen and oxygen atoms in total. The van der Waals surface area contributed by atoms with Gasteiger partial charge in [-0.05, 0) is 55.2 Å². The summed E-state index contributed by atoms with van der Waals surface area (Å²) in [5.41, 5.74) is 0.963. The van der Waals surface area contributed by atoms with Gasteiger partial charge in [0.1, 0.15) is 11.8 Å². The second kappa shape index (κ2) is 11.1. The maximum Gasteiger partial charge on any atom is 0.253 e. The summed E-state index contributed by atoms with van der Waals surface area (Å²) in [7, 11) is 1.57. The molecular formula is C27H31N3O7. The largest absolute Gasteiger partial charge is 0.497 e. The Morgan fingerprint density at radius 3 is 2.43 bits per heavy atom. The van der Waals surface area contributed by atoms with Crippen LogP contribution in [-0.2, 0) is 9.53 Å². The number of fused-ring (bicyclic) bond motifs is 1. The number of carbonyl (C=O) groups excluding carboxylic acids is 3. The van der Waals surface area contributed by atoms with Crippen molar-refractivity contribution in [2.75, 3.05) is 53.3 Å². The van der Waals surface area contributed by atoms with E-state index in [9.17, 15) is 14.4 Å². The summed E-state index contributed by atoms with van der Waals surface area (Å²) in [4.78, 5) is 43.4. The fraction of sp³-hybridized carbons (Fsp3) is 0.444. The number of piperidine rings is 1. The summed E-state index contributed by atoms with van der Waals surface area (Å²) >= 11 is 0. The third-order valence-electron chi connectivity index (χ3n) is 7.13. The maximum atomic E-state index is 13.6. The topological polar surface area (TPSA) is 107 Å². The van der Waals surface area contributed by atoms with Gasteiger partial charge in [0.2, 0.25) is 12.7 Å². The SMILES string of the molecule is COc1cccc(C(=O)N2CCC([C@@H](NC(=O)c3ccc4c(c3)OCO4)C(=O)N3CCOCC3)CC2)c1. The third-order valence-corrected chi connectivity index (χ3v) is 7.13. The van der Waals surface area contributed by atoms with E-state index < -0.39 is 6.04 Å². The number of methoxy groups -OCH3 is 1. The van der Waals surface area contributed by atoms with Crippen molar-refractivity contribution in [2.24, 2.45) is 5.92 Å². The number of likely N-dealkylation sites (tertiary alicyclic amines) is 1. The van der Waals surface area contributed by atoms with Gasteiger partial charge in [-0.3, -0.25) is 14.4 Å². The van der Waals surface area contributed by atoms with Crippen molar-refractivity contribution >= 4 is 17.7 Å². The van der Waals surface area contributed by atoms with Crippen LogP contribution in [0.25, 0.3) is 0 Å². The zero-order chi connectivity index (χ0) is 25.8. The zero-order valence-electron chi connectivity index (χ0n) is 20.8. The van der Waals surface area contributed by atoms with Gasteiger partial charge >= 0.3 is 0 Å². The van der Waals surface area contributed by atoms with Crippen LogP contribution in [0.2, 0.25) is 0 Å².